The lowest BCUT2D eigenvalue weighted by Crippen LogP contribution is -2.44. The van der Waals surface area contributed by atoms with Crippen LogP contribution in [0, 0.1) is 0 Å². The van der Waals surface area contributed by atoms with Gasteiger partial charge in [-0.2, -0.15) is 0 Å². The van der Waals surface area contributed by atoms with Gasteiger partial charge in [-0.15, -0.1) is 4.83 Å². The van der Waals surface area contributed by atoms with E-state index in [1.165, 1.54) is 6.07 Å². The van der Waals surface area contributed by atoms with E-state index in [4.69, 9.17) is 11.6 Å². The maximum Gasteiger partial charge on any atom is 0.253 e. The molecule has 0 spiro atoms. The van der Waals surface area contributed by atoms with Crippen LogP contribution in [0.5, 0.6) is 0 Å². The summed E-state index contributed by atoms with van der Waals surface area (Å²) in [5.74, 6) is 0. The van der Waals surface area contributed by atoms with E-state index >= 15 is 0 Å². The Morgan fingerprint density at radius 3 is 2.87 bits per heavy atom. The van der Waals surface area contributed by atoms with Crippen LogP contribution in [0.25, 0.3) is 0 Å². The molecule has 1 aliphatic rings. The highest BCUT2D eigenvalue weighted by atomic mass is 35.5. The van der Waals surface area contributed by atoms with Gasteiger partial charge in [-0.3, -0.25) is 0 Å². The minimum Gasteiger partial charge on any atom is -0.236 e. The number of halogens is 1. The first kappa shape index (κ1) is 10.9. The van der Waals surface area contributed by atoms with Crippen LogP contribution in [-0.4, -0.2) is 8.42 Å². The Kier molecular flexibility index (Phi) is 2.72. The predicted molar refractivity (Wildman–Crippen MR) is 57.9 cm³/mol. The first-order chi connectivity index (χ1) is 7.04. The molecule has 1 aromatic rings. The van der Waals surface area contributed by atoms with Gasteiger partial charge in [0.1, 0.15) is 0 Å². The molecular weight excluding hydrogens is 236 g/mol. The summed E-state index contributed by atoms with van der Waals surface area (Å²) in [6.07, 6.45) is 0.803. The second-order valence-corrected chi connectivity index (χ2v) is 5.48. The van der Waals surface area contributed by atoms with Crippen LogP contribution in [0.1, 0.15) is 24.9 Å². The number of hydrogen-bond acceptors (Lipinski definition) is 3. The molecule has 1 aromatic carbocycles. The fraction of sp³-hybridized carbons (Fsp3) is 0.333. The third kappa shape index (κ3) is 1.88. The summed E-state index contributed by atoms with van der Waals surface area (Å²) in [6.45, 7) is 1.98. The molecule has 0 saturated heterocycles. The molecule has 0 bridgehead atoms. The number of benzene rings is 1. The van der Waals surface area contributed by atoms with E-state index < -0.39 is 10.0 Å². The van der Waals surface area contributed by atoms with Crippen molar-refractivity contribution >= 4 is 21.6 Å². The normalized spacial score (nSPS) is 23.5. The molecule has 4 nitrogen and oxygen atoms in total. The van der Waals surface area contributed by atoms with E-state index in [0.29, 0.717) is 5.02 Å². The summed E-state index contributed by atoms with van der Waals surface area (Å²) in [6, 6.07) is 4.92. The molecule has 15 heavy (non-hydrogen) atoms. The minimum absolute atomic E-state index is 0.000733. The van der Waals surface area contributed by atoms with Crippen LogP contribution in [0.15, 0.2) is 23.1 Å². The maximum absolute atomic E-state index is 11.7. The second-order valence-electron chi connectivity index (χ2n) is 3.39. The average Bonchev–Trinajstić information content (AvgIpc) is 2.19. The molecule has 6 heteroatoms. The number of hydrazine groups is 1. The van der Waals surface area contributed by atoms with Gasteiger partial charge in [-0.05, 0) is 24.1 Å². The lowest BCUT2D eigenvalue weighted by molar-refractivity contribution is 0.456. The minimum atomic E-state index is -3.45. The van der Waals surface area contributed by atoms with E-state index in [0.717, 1.165) is 12.0 Å². The van der Waals surface area contributed by atoms with Crippen molar-refractivity contribution in [1.82, 2.24) is 10.3 Å². The molecule has 2 rings (SSSR count). The van der Waals surface area contributed by atoms with E-state index in [9.17, 15) is 8.42 Å². The zero-order chi connectivity index (χ0) is 11.1. The molecule has 2 N–H and O–H groups in total. The predicted octanol–water partition coefficient (Wildman–Crippen LogP) is 1.59. The first-order valence-corrected chi connectivity index (χ1v) is 6.47. The molecule has 1 heterocycles. The molecule has 1 unspecified atom stereocenters. The van der Waals surface area contributed by atoms with Crippen molar-refractivity contribution in [2.45, 2.75) is 24.3 Å². The van der Waals surface area contributed by atoms with Gasteiger partial charge in [0.25, 0.3) is 10.0 Å². The summed E-state index contributed by atoms with van der Waals surface area (Å²) in [5.41, 5.74) is 3.52. The van der Waals surface area contributed by atoms with Gasteiger partial charge in [0.05, 0.1) is 4.90 Å². The highest BCUT2D eigenvalue weighted by Crippen LogP contribution is 2.29. The van der Waals surface area contributed by atoms with Crippen molar-refractivity contribution in [2.24, 2.45) is 0 Å². The molecule has 0 aromatic heterocycles. The lowest BCUT2D eigenvalue weighted by atomic mass is 10.1. The topological polar surface area (TPSA) is 58.2 Å². The Balaban J connectivity index is 2.64. The Morgan fingerprint density at radius 2 is 2.20 bits per heavy atom. The molecule has 0 aliphatic carbocycles. The summed E-state index contributed by atoms with van der Waals surface area (Å²) in [4.78, 5) is 2.57. The van der Waals surface area contributed by atoms with Crippen molar-refractivity contribution in [3.63, 3.8) is 0 Å². The van der Waals surface area contributed by atoms with Gasteiger partial charge in [0.15, 0.2) is 0 Å². The zero-order valence-electron chi connectivity index (χ0n) is 8.12. The number of fused-ring (bicyclic) bond motifs is 1. The van der Waals surface area contributed by atoms with Gasteiger partial charge in [-0.25, -0.2) is 13.8 Å². The maximum atomic E-state index is 11.7. The van der Waals surface area contributed by atoms with E-state index in [-0.39, 0.29) is 10.9 Å². The smallest absolute Gasteiger partial charge is 0.236 e. The Bertz CT molecular complexity index is 487. The number of sulfonamides is 1. The fourth-order valence-electron chi connectivity index (χ4n) is 1.63. The van der Waals surface area contributed by atoms with Crippen LogP contribution in [-0.2, 0) is 10.0 Å². The third-order valence-electron chi connectivity index (χ3n) is 2.42. The van der Waals surface area contributed by atoms with Crippen molar-refractivity contribution in [3.8, 4) is 0 Å². The highest BCUT2D eigenvalue weighted by Gasteiger charge is 2.28. The van der Waals surface area contributed by atoms with Crippen molar-refractivity contribution in [3.05, 3.63) is 28.8 Å². The molecule has 0 amide bonds. The van der Waals surface area contributed by atoms with Crippen molar-refractivity contribution in [2.75, 3.05) is 0 Å². The van der Waals surface area contributed by atoms with Crippen LogP contribution in [0.4, 0.5) is 0 Å². The monoisotopic (exact) mass is 246 g/mol. The number of nitrogens with one attached hydrogen (secondary N) is 2. The first-order valence-electron chi connectivity index (χ1n) is 4.61. The Morgan fingerprint density at radius 1 is 1.47 bits per heavy atom. The third-order valence-corrected chi connectivity index (χ3v) is 3.97. The zero-order valence-corrected chi connectivity index (χ0v) is 9.69. The fourth-order valence-corrected chi connectivity index (χ4v) is 3.08. The lowest BCUT2D eigenvalue weighted by Gasteiger charge is -2.26. The standard InChI is InChI=1S/C9H11ClN2O2S/c1-2-8-7-4-3-6(10)5-9(7)15(13,14)12-11-8/h3-5,8,11-12H,2H2,1H3. The van der Waals surface area contributed by atoms with Gasteiger partial charge in [-0.1, -0.05) is 24.6 Å². The largest absolute Gasteiger partial charge is 0.253 e. The Hall–Kier alpha value is -0.620. The van der Waals surface area contributed by atoms with Crippen LogP contribution in [0.2, 0.25) is 5.02 Å². The van der Waals surface area contributed by atoms with E-state index in [1.807, 2.05) is 6.92 Å². The van der Waals surface area contributed by atoms with E-state index in [2.05, 4.69) is 10.3 Å². The summed E-state index contributed by atoms with van der Waals surface area (Å²) in [7, 11) is -3.45. The molecule has 0 saturated carbocycles. The van der Waals surface area contributed by atoms with Crippen LogP contribution >= 0.6 is 11.6 Å². The molecule has 82 valence electrons. The van der Waals surface area contributed by atoms with Gasteiger partial charge in [0, 0.05) is 11.1 Å². The van der Waals surface area contributed by atoms with Crippen LogP contribution in [0.3, 0.4) is 0 Å². The second kappa shape index (κ2) is 3.75. The molecule has 0 fully saturated rings. The van der Waals surface area contributed by atoms with Gasteiger partial charge < -0.3 is 0 Å². The SMILES string of the molecule is CCC1NNS(=O)(=O)c2cc(Cl)ccc21. The molecule has 1 aliphatic heterocycles. The molecule has 0 radical (unpaired) electrons. The van der Waals surface area contributed by atoms with E-state index in [1.54, 1.807) is 12.1 Å². The average molecular weight is 247 g/mol. The van der Waals surface area contributed by atoms with Gasteiger partial charge in [0.2, 0.25) is 0 Å². The molecule has 1 atom stereocenters. The number of hydrogen-bond donors (Lipinski definition) is 2. The summed E-state index contributed by atoms with van der Waals surface area (Å²) in [5, 5.41) is 0.427. The Labute approximate surface area is 93.7 Å². The molecular formula is C9H11ClN2O2S. The van der Waals surface area contributed by atoms with Crippen molar-refractivity contribution in [1.29, 1.82) is 0 Å². The van der Waals surface area contributed by atoms with Crippen LogP contribution < -0.4 is 10.3 Å². The van der Waals surface area contributed by atoms with Crippen molar-refractivity contribution < 1.29 is 8.42 Å². The van der Waals surface area contributed by atoms with Gasteiger partial charge >= 0.3 is 0 Å². The summed E-state index contributed by atoms with van der Waals surface area (Å²) < 4.78 is 23.3. The highest BCUT2D eigenvalue weighted by molar-refractivity contribution is 7.89. The summed E-state index contributed by atoms with van der Waals surface area (Å²) >= 11 is 5.78. The quantitative estimate of drug-likeness (QED) is 0.791. The number of rotatable bonds is 1.